The summed E-state index contributed by atoms with van der Waals surface area (Å²) in [4.78, 5) is 33.3. The number of halogens is 2. The molecule has 0 aliphatic carbocycles. The summed E-state index contributed by atoms with van der Waals surface area (Å²) in [5.74, 6) is 1.05. The molecule has 1 N–H and O–H groups in total. The number of alkyl carbamates (subject to hydrolysis) is 1. The van der Waals surface area contributed by atoms with Crippen LogP contribution in [0.4, 0.5) is 4.79 Å². The van der Waals surface area contributed by atoms with E-state index in [1.807, 2.05) is 68.1 Å². The summed E-state index contributed by atoms with van der Waals surface area (Å²) in [7, 11) is 1.70. The molecule has 2 atom stereocenters. The second kappa shape index (κ2) is 14.0. The molecule has 0 saturated carbocycles. The Morgan fingerprint density at radius 3 is 2.66 bits per heavy atom. The fraction of sp³-hybridized carbons (Fsp3) is 0.516. The van der Waals surface area contributed by atoms with Crippen LogP contribution in [0.25, 0.3) is 11.0 Å². The van der Waals surface area contributed by atoms with Crippen LogP contribution in [-0.2, 0) is 27.2 Å². The van der Waals surface area contributed by atoms with Crippen LogP contribution in [-0.4, -0.2) is 64.9 Å². The van der Waals surface area contributed by atoms with Crippen LogP contribution >= 0.6 is 27.5 Å². The Kier molecular flexibility index (Phi) is 10.7. The summed E-state index contributed by atoms with van der Waals surface area (Å²) < 4.78 is 14.0. The largest absolute Gasteiger partial charge is 0.444 e. The van der Waals surface area contributed by atoms with Gasteiger partial charge in [-0.3, -0.25) is 4.79 Å². The molecule has 0 radical (unpaired) electrons. The minimum atomic E-state index is -0.631. The molecule has 2 aromatic carbocycles. The van der Waals surface area contributed by atoms with Gasteiger partial charge in [0.2, 0.25) is 5.91 Å². The molecule has 1 aromatic heterocycles. The maximum atomic E-state index is 13.7. The van der Waals surface area contributed by atoms with Crippen LogP contribution in [0.15, 0.2) is 46.9 Å². The minimum absolute atomic E-state index is 0.00736. The molecule has 8 nitrogen and oxygen atoms in total. The first-order chi connectivity index (χ1) is 19.5. The maximum Gasteiger partial charge on any atom is 0.407 e. The third-order valence-corrected chi connectivity index (χ3v) is 7.99. The molecule has 0 bridgehead atoms. The van der Waals surface area contributed by atoms with Crippen LogP contribution in [0.1, 0.15) is 63.8 Å². The normalized spacial score (nSPS) is 16.5. The third-order valence-electron chi connectivity index (χ3n) is 7.15. The fourth-order valence-corrected chi connectivity index (χ4v) is 5.91. The highest BCUT2D eigenvalue weighted by molar-refractivity contribution is 9.10. The zero-order valence-electron chi connectivity index (χ0n) is 24.3. The number of carbonyl (C=O) groups excluding carboxylic acids is 2. The lowest BCUT2D eigenvalue weighted by Crippen LogP contribution is -2.46. The van der Waals surface area contributed by atoms with E-state index in [9.17, 15) is 9.59 Å². The molecule has 3 aromatic rings. The molecule has 222 valence electrons. The second-order valence-electron chi connectivity index (χ2n) is 11.6. The number of ether oxygens (including phenoxy) is 2. The molecule has 10 heteroatoms. The molecule has 2 amide bonds. The van der Waals surface area contributed by atoms with Crippen molar-refractivity contribution < 1.29 is 19.1 Å². The first-order valence-electron chi connectivity index (χ1n) is 14.2. The summed E-state index contributed by atoms with van der Waals surface area (Å²) >= 11 is 10.1. The SMILES string of the molecule is COCCCn1c([C@@H]2CCCN(C(=O)C[C@@H](Cc3ccc(Br)cc3)NC(=O)OC(C)(C)C)C2)nc2cccc(Cl)c21. The predicted octanol–water partition coefficient (Wildman–Crippen LogP) is 6.72. The first-order valence-corrected chi connectivity index (χ1v) is 15.4. The lowest BCUT2D eigenvalue weighted by Gasteiger charge is -2.34. The molecule has 0 unspecified atom stereocenters. The predicted molar refractivity (Wildman–Crippen MR) is 165 cm³/mol. The van der Waals surface area contributed by atoms with E-state index in [4.69, 9.17) is 26.1 Å². The van der Waals surface area contributed by atoms with Gasteiger partial charge in [-0.05, 0) is 76.3 Å². The summed E-state index contributed by atoms with van der Waals surface area (Å²) in [6.07, 6.45) is 2.83. The second-order valence-corrected chi connectivity index (χ2v) is 13.0. The molecule has 41 heavy (non-hydrogen) atoms. The molecule has 1 saturated heterocycles. The van der Waals surface area contributed by atoms with E-state index in [1.54, 1.807) is 7.11 Å². The number of nitrogens with one attached hydrogen (secondary N) is 1. The van der Waals surface area contributed by atoms with Gasteiger partial charge in [0.15, 0.2) is 0 Å². The number of likely N-dealkylation sites (tertiary alicyclic amines) is 1. The molecule has 1 aliphatic heterocycles. The fourth-order valence-electron chi connectivity index (χ4n) is 5.37. The van der Waals surface area contributed by atoms with Crippen molar-refractivity contribution in [3.05, 3.63) is 63.3 Å². The summed E-state index contributed by atoms with van der Waals surface area (Å²) in [5.41, 5.74) is 2.19. The zero-order valence-corrected chi connectivity index (χ0v) is 26.6. The molecule has 1 fully saturated rings. The van der Waals surface area contributed by atoms with Gasteiger partial charge in [-0.1, -0.05) is 45.7 Å². The topological polar surface area (TPSA) is 85.7 Å². The van der Waals surface area contributed by atoms with Gasteiger partial charge in [-0.15, -0.1) is 0 Å². The van der Waals surface area contributed by atoms with Gasteiger partial charge in [0, 0.05) is 56.2 Å². The van der Waals surface area contributed by atoms with E-state index in [0.29, 0.717) is 31.1 Å². The lowest BCUT2D eigenvalue weighted by molar-refractivity contribution is -0.132. The number of amides is 2. The number of aryl methyl sites for hydroxylation is 1. The Hall–Kier alpha value is -2.62. The number of piperidine rings is 1. The minimum Gasteiger partial charge on any atom is -0.444 e. The highest BCUT2D eigenvalue weighted by Gasteiger charge is 2.31. The Morgan fingerprint density at radius 2 is 1.95 bits per heavy atom. The van der Waals surface area contributed by atoms with Crippen LogP contribution in [0.2, 0.25) is 5.02 Å². The van der Waals surface area contributed by atoms with Crippen molar-refractivity contribution in [1.29, 1.82) is 0 Å². The Balaban J connectivity index is 1.51. The number of aromatic nitrogens is 2. The van der Waals surface area contributed by atoms with E-state index in [2.05, 4.69) is 25.8 Å². The maximum absolute atomic E-state index is 13.7. The average molecular weight is 648 g/mol. The number of carbonyl (C=O) groups is 2. The number of hydrogen-bond acceptors (Lipinski definition) is 5. The van der Waals surface area contributed by atoms with E-state index < -0.39 is 17.7 Å². The smallest absolute Gasteiger partial charge is 0.407 e. The Bertz CT molecular complexity index is 1340. The van der Waals surface area contributed by atoms with Crippen molar-refractivity contribution in [1.82, 2.24) is 19.8 Å². The van der Waals surface area contributed by atoms with Gasteiger partial charge in [0.1, 0.15) is 11.4 Å². The Labute approximate surface area is 255 Å². The molecular weight excluding hydrogens is 608 g/mol. The van der Waals surface area contributed by atoms with Crippen molar-refractivity contribution in [2.75, 3.05) is 26.8 Å². The Morgan fingerprint density at radius 1 is 1.20 bits per heavy atom. The lowest BCUT2D eigenvalue weighted by atomic mass is 9.95. The molecule has 4 rings (SSSR count). The average Bonchev–Trinajstić information content (AvgIpc) is 3.29. The van der Waals surface area contributed by atoms with Gasteiger partial charge in [0.25, 0.3) is 0 Å². The van der Waals surface area contributed by atoms with Crippen molar-refractivity contribution in [2.24, 2.45) is 0 Å². The van der Waals surface area contributed by atoms with Gasteiger partial charge >= 0.3 is 6.09 Å². The first kappa shape index (κ1) is 31.3. The van der Waals surface area contributed by atoms with Crippen LogP contribution < -0.4 is 5.32 Å². The molecule has 1 aliphatic rings. The quantitative estimate of drug-likeness (QED) is 0.247. The standard InChI is InChI=1S/C31H40BrClN4O4/c1-31(2,3)41-30(39)34-24(18-21-11-13-23(32)14-12-21)19-27(38)36-15-6-8-22(20-36)29-35-26-10-5-9-25(33)28(26)37(29)16-7-17-40-4/h5,9-14,22,24H,6-8,15-20H2,1-4H3,(H,34,39)/t22-,24-/m1/s1. The van der Waals surface area contributed by atoms with Crippen LogP contribution in [0, 0.1) is 0 Å². The van der Waals surface area contributed by atoms with Crippen molar-refractivity contribution in [3.63, 3.8) is 0 Å². The van der Waals surface area contributed by atoms with Crippen molar-refractivity contribution in [2.45, 2.75) is 77.0 Å². The monoisotopic (exact) mass is 646 g/mol. The van der Waals surface area contributed by atoms with Gasteiger partial charge in [0.05, 0.1) is 16.1 Å². The third kappa shape index (κ3) is 8.69. The van der Waals surface area contributed by atoms with E-state index in [-0.39, 0.29) is 18.2 Å². The zero-order chi connectivity index (χ0) is 29.6. The highest BCUT2D eigenvalue weighted by atomic mass is 79.9. The highest BCUT2D eigenvalue weighted by Crippen LogP contribution is 2.33. The number of fused-ring (bicyclic) bond motifs is 1. The van der Waals surface area contributed by atoms with E-state index in [1.165, 1.54) is 0 Å². The van der Waals surface area contributed by atoms with Crippen LogP contribution in [0.3, 0.4) is 0 Å². The van der Waals surface area contributed by atoms with E-state index >= 15 is 0 Å². The number of hydrogen-bond donors (Lipinski definition) is 1. The molecular formula is C31H40BrClN4O4. The van der Waals surface area contributed by atoms with Crippen molar-refractivity contribution in [3.8, 4) is 0 Å². The number of methoxy groups -OCH3 is 1. The molecule has 0 spiro atoms. The summed E-state index contributed by atoms with van der Waals surface area (Å²) in [5, 5.41) is 3.62. The van der Waals surface area contributed by atoms with Gasteiger partial charge < -0.3 is 24.3 Å². The number of imidazole rings is 1. The summed E-state index contributed by atoms with van der Waals surface area (Å²) in [6.45, 7) is 8.10. The van der Waals surface area contributed by atoms with E-state index in [0.717, 1.165) is 52.7 Å². The van der Waals surface area contributed by atoms with Crippen molar-refractivity contribution >= 4 is 50.6 Å². The van der Waals surface area contributed by atoms with Gasteiger partial charge in [-0.25, -0.2) is 9.78 Å². The number of para-hydroxylation sites is 1. The van der Waals surface area contributed by atoms with Gasteiger partial charge in [-0.2, -0.15) is 0 Å². The number of nitrogens with zero attached hydrogens (tertiary/aromatic N) is 3. The van der Waals surface area contributed by atoms with Crippen LogP contribution in [0.5, 0.6) is 0 Å². The molecule has 2 heterocycles. The number of rotatable bonds is 10. The number of benzene rings is 2. The summed E-state index contributed by atoms with van der Waals surface area (Å²) in [6, 6.07) is 13.3.